The third-order valence-electron chi connectivity index (χ3n) is 2.30. The number of nitro groups is 2. The lowest BCUT2D eigenvalue weighted by Gasteiger charge is -2.09. The quantitative estimate of drug-likeness (QED) is 0.439. The summed E-state index contributed by atoms with van der Waals surface area (Å²) in [4.78, 5) is 31.9. The summed E-state index contributed by atoms with van der Waals surface area (Å²) in [6, 6.07) is 0. The summed E-state index contributed by atoms with van der Waals surface area (Å²) in [6.07, 6.45) is 0. The van der Waals surface area contributed by atoms with Crippen LogP contribution in [0.4, 0.5) is 11.4 Å². The number of benzene rings is 1. The van der Waals surface area contributed by atoms with E-state index < -0.39 is 32.8 Å². The number of ether oxygens (including phenoxy) is 1. The Balaban J connectivity index is 3.96. The number of carbonyl (C=O) groups excluding carboxylic acids is 1. The molecule has 0 saturated heterocycles. The minimum atomic E-state index is -1.15. The van der Waals surface area contributed by atoms with E-state index in [1.54, 1.807) is 0 Å². The molecular formula is C9H6Br2N2O6. The Morgan fingerprint density at radius 3 is 1.74 bits per heavy atom. The first-order valence-corrected chi connectivity index (χ1v) is 6.21. The number of methoxy groups -OCH3 is 1. The Labute approximate surface area is 123 Å². The van der Waals surface area contributed by atoms with E-state index in [0.29, 0.717) is 0 Å². The molecule has 0 aliphatic rings. The molecule has 0 saturated carbocycles. The second-order valence-electron chi connectivity index (χ2n) is 3.33. The van der Waals surface area contributed by atoms with Crippen molar-refractivity contribution in [2.24, 2.45) is 0 Å². The molecule has 1 aromatic rings. The summed E-state index contributed by atoms with van der Waals surface area (Å²) in [5.41, 5.74) is -1.86. The van der Waals surface area contributed by atoms with E-state index in [0.717, 1.165) is 7.11 Å². The maximum atomic E-state index is 11.6. The fourth-order valence-electron chi connectivity index (χ4n) is 1.42. The van der Waals surface area contributed by atoms with Gasteiger partial charge in [-0.25, -0.2) is 4.79 Å². The third kappa shape index (κ3) is 2.59. The van der Waals surface area contributed by atoms with Crippen molar-refractivity contribution in [3.63, 3.8) is 0 Å². The van der Waals surface area contributed by atoms with Crippen LogP contribution in [0.1, 0.15) is 15.9 Å². The monoisotopic (exact) mass is 396 g/mol. The van der Waals surface area contributed by atoms with Gasteiger partial charge in [0.2, 0.25) is 5.56 Å². The Hall–Kier alpha value is -1.55. The molecule has 0 fully saturated rings. The summed E-state index contributed by atoms with van der Waals surface area (Å²) in [5, 5.41) is 22.1. The van der Waals surface area contributed by atoms with Crippen LogP contribution in [0.5, 0.6) is 0 Å². The smallest absolute Gasteiger partial charge is 0.352 e. The highest BCUT2D eigenvalue weighted by Gasteiger charge is 2.38. The predicted molar refractivity (Wildman–Crippen MR) is 71.2 cm³/mol. The van der Waals surface area contributed by atoms with Crippen molar-refractivity contribution in [1.29, 1.82) is 0 Å². The van der Waals surface area contributed by atoms with Crippen molar-refractivity contribution in [1.82, 2.24) is 0 Å². The zero-order valence-corrected chi connectivity index (χ0v) is 12.8. The van der Waals surface area contributed by atoms with E-state index in [-0.39, 0.29) is 14.5 Å². The molecule has 0 unspecified atom stereocenters. The molecule has 0 bridgehead atoms. The van der Waals surface area contributed by atoms with Crippen molar-refractivity contribution >= 4 is 49.2 Å². The second-order valence-corrected chi connectivity index (χ2v) is 4.92. The summed E-state index contributed by atoms with van der Waals surface area (Å²) in [5.74, 6) is -1.15. The van der Waals surface area contributed by atoms with E-state index in [2.05, 4.69) is 36.6 Å². The molecule has 0 radical (unpaired) electrons. The molecule has 0 heterocycles. The minimum Gasteiger partial charge on any atom is -0.465 e. The van der Waals surface area contributed by atoms with Crippen LogP contribution >= 0.6 is 31.9 Å². The van der Waals surface area contributed by atoms with E-state index in [1.807, 2.05) is 0 Å². The first-order chi connectivity index (χ1) is 8.73. The standard InChI is InChI=1S/C9H6Br2N2O6/c1-3-5(10)7(12(15)16)4(9(14)19-2)8(6(3)11)13(17)18/h1-2H3. The van der Waals surface area contributed by atoms with Gasteiger partial charge < -0.3 is 4.74 Å². The summed E-state index contributed by atoms with van der Waals surface area (Å²) >= 11 is 5.92. The lowest BCUT2D eigenvalue weighted by atomic mass is 10.1. The van der Waals surface area contributed by atoms with E-state index >= 15 is 0 Å². The van der Waals surface area contributed by atoms with Crippen LogP contribution in [0.3, 0.4) is 0 Å². The van der Waals surface area contributed by atoms with Gasteiger partial charge in [0.15, 0.2) is 0 Å². The summed E-state index contributed by atoms with van der Waals surface area (Å²) in [6.45, 7) is 1.44. The van der Waals surface area contributed by atoms with Gasteiger partial charge in [0, 0.05) is 0 Å². The van der Waals surface area contributed by atoms with E-state index in [9.17, 15) is 25.0 Å². The van der Waals surface area contributed by atoms with Crippen LogP contribution < -0.4 is 0 Å². The molecule has 102 valence electrons. The molecule has 0 spiro atoms. The zero-order valence-electron chi connectivity index (χ0n) is 9.60. The average molecular weight is 398 g/mol. The lowest BCUT2D eigenvalue weighted by molar-refractivity contribution is -0.395. The van der Waals surface area contributed by atoms with Crippen LogP contribution in [0.25, 0.3) is 0 Å². The van der Waals surface area contributed by atoms with Crippen LogP contribution in [-0.4, -0.2) is 22.9 Å². The molecule has 0 amide bonds. The van der Waals surface area contributed by atoms with Crippen molar-refractivity contribution in [3.05, 3.63) is 40.3 Å². The van der Waals surface area contributed by atoms with Crippen LogP contribution in [-0.2, 0) is 4.74 Å². The minimum absolute atomic E-state index is 0.0182. The molecule has 1 aromatic carbocycles. The highest BCUT2D eigenvalue weighted by molar-refractivity contribution is 9.11. The SMILES string of the molecule is COC(=O)c1c([N+](=O)[O-])c(Br)c(C)c(Br)c1[N+](=O)[O-]. The lowest BCUT2D eigenvalue weighted by Crippen LogP contribution is -2.11. The largest absolute Gasteiger partial charge is 0.465 e. The van der Waals surface area contributed by atoms with Gasteiger partial charge in [-0.1, -0.05) is 0 Å². The topological polar surface area (TPSA) is 113 Å². The van der Waals surface area contributed by atoms with E-state index in [4.69, 9.17) is 0 Å². The second kappa shape index (κ2) is 5.61. The van der Waals surface area contributed by atoms with Gasteiger partial charge in [-0.05, 0) is 44.3 Å². The number of halogens is 2. The molecular weight excluding hydrogens is 392 g/mol. The van der Waals surface area contributed by atoms with Crippen LogP contribution in [0.2, 0.25) is 0 Å². The number of esters is 1. The molecule has 8 nitrogen and oxygen atoms in total. The molecule has 1 rings (SSSR count). The molecule has 10 heteroatoms. The number of nitrogens with zero attached hydrogens (tertiary/aromatic N) is 2. The predicted octanol–water partition coefficient (Wildman–Crippen LogP) is 3.12. The Kier molecular flexibility index (Phi) is 4.58. The third-order valence-corrected chi connectivity index (χ3v) is 4.24. The summed E-state index contributed by atoms with van der Waals surface area (Å²) < 4.78 is 4.34. The Bertz CT molecular complexity index is 560. The number of hydrogen-bond donors (Lipinski definition) is 0. The highest BCUT2D eigenvalue weighted by Crippen LogP contribution is 2.44. The van der Waals surface area contributed by atoms with Gasteiger partial charge in [-0.2, -0.15) is 0 Å². The molecule has 19 heavy (non-hydrogen) atoms. The van der Waals surface area contributed by atoms with Gasteiger partial charge in [-0.15, -0.1) is 0 Å². The fraction of sp³-hybridized carbons (Fsp3) is 0.222. The molecule has 0 aliphatic heterocycles. The van der Waals surface area contributed by atoms with Crippen molar-refractivity contribution in [2.75, 3.05) is 7.11 Å². The first kappa shape index (κ1) is 15.5. The maximum Gasteiger partial charge on any atom is 0.352 e. The van der Waals surface area contributed by atoms with Gasteiger partial charge in [0.1, 0.15) is 8.95 Å². The van der Waals surface area contributed by atoms with E-state index in [1.165, 1.54) is 6.92 Å². The Morgan fingerprint density at radius 1 is 1.11 bits per heavy atom. The van der Waals surface area contributed by atoms with Gasteiger partial charge in [0.05, 0.1) is 17.0 Å². The molecule has 0 N–H and O–H groups in total. The number of rotatable bonds is 3. The van der Waals surface area contributed by atoms with Gasteiger partial charge >= 0.3 is 17.3 Å². The first-order valence-electron chi connectivity index (χ1n) is 4.62. The highest BCUT2D eigenvalue weighted by atomic mass is 79.9. The fourth-order valence-corrected chi connectivity index (χ4v) is 2.77. The normalized spacial score (nSPS) is 10.1. The number of nitro benzene ring substituents is 2. The van der Waals surface area contributed by atoms with Crippen molar-refractivity contribution < 1.29 is 19.4 Å². The van der Waals surface area contributed by atoms with Crippen LogP contribution in [0.15, 0.2) is 8.95 Å². The molecule has 0 atom stereocenters. The maximum absolute atomic E-state index is 11.6. The zero-order chi connectivity index (χ0) is 14.9. The van der Waals surface area contributed by atoms with Gasteiger partial charge in [-0.3, -0.25) is 20.2 Å². The van der Waals surface area contributed by atoms with Crippen molar-refractivity contribution in [2.45, 2.75) is 6.92 Å². The summed E-state index contributed by atoms with van der Waals surface area (Å²) in [7, 11) is 0.984. The van der Waals surface area contributed by atoms with Crippen molar-refractivity contribution in [3.8, 4) is 0 Å². The molecule has 0 aliphatic carbocycles. The van der Waals surface area contributed by atoms with Gasteiger partial charge in [0.25, 0.3) is 0 Å². The Morgan fingerprint density at radius 2 is 1.47 bits per heavy atom. The number of hydrogen-bond acceptors (Lipinski definition) is 6. The van der Waals surface area contributed by atoms with Crippen LogP contribution in [0, 0.1) is 27.2 Å². The average Bonchev–Trinajstić information content (AvgIpc) is 2.33. The molecule has 0 aromatic heterocycles. The number of carbonyl (C=O) groups is 1.